The Bertz CT molecular complexity index is 763. The molecule has 24 heavy (non-hydrogen) atoms. The van der Waals surface area contributed by atoms with Crippen LogP contribution in [-0.4, -0.2) is 25.5 Å². The van der Waals surface area contributed by atoms with Crippen molar-refractivity contribution < 1.29 is 0 Å². The molecule has 122 valence electrons. The van der Waals surface area contributed by atoms with E-state index in [0.717, 1.165) is 25.3 Å². The largest absolute Gasteiger partial charge is 0.329 e. The fraction of sp³-hybridized carbons (Fsp3) is 0.300. The van der Waals surface area contributed by atoms with Crippen LogP contribution in [-0.2, 0) is 19.6 Å². The summed E-state index contributed by atoms with van der Waals surface area (Å²) < 4.78 is 2.25. The lowest BCUT2D eigenvalue weighted by Crippen LogP contribution is -2.26. The molecule has 3 aromatic rings. The third-order valence-electron chi connectivity index (χ3n) is 4.51. The molecule has 0 N–H and O–H groups in total. The van der Waals surface area contributed by atoms with E-state index in [1.165, 1.54) is 24.1 Å². The monoisotopic (exact) mass is 318 g/mol. The maximum absolute atomic E-state index is 4.48. The van der Waals surface area contributed by atoms with Crippen LogP contribution in [0.1, 0.15) is 29.8 Å². The molecule has 0 saturated heterocycles. The summed E-state index contributed by atoms with van der Waals surface area (Å²) in [5.41, 5.74) is 3.71. The van der Waals surface area contributed by atoms with Gasteiger partial charge in [-0.2, -0.15) is 0 Å². The molecule has 0 bridgehead atoms. The molecule has 4 rings (SSSR count). The molecule has 0 aliphatic heterocycles. The van der Waals surface area contributed by atoms with Crippen LogP contribution in [0.5, 0.6) is 0 Å². The van der Waals surface area contributed by atoms with Crippen molar-refractivity contribution in [1.82, 2.24) is 19.4 Å². The molecular weight excluding hydrogens is 296 g/mol. The van der Waals surface area contributed by atoms with Gasteiger partial charge in [0.1, 0.15) is 0 Å². The van der Waals surface area contributed by atoms with Crippen LogP contribution < -0.4 is 0 Å². The van der Waals surface area contributed by atoms with E-state index in [-0.39, 0.29) is 0 Å². The van der Waals surface area contributed by atoms with Crippen molar-refractivity contribution >= 4 is 0 Å². The Morgan fingerprint density at radius 1 is 1.00 bits per heavy atom. The molecule has 1 aromatic carbocycles. The third kappa shape index (κ3) is 3.71. The summed E-state index contributed by atoms with van der Waals surface area (Å²) in [7, 11) is 0. The second-order valence-corrected chi connectivity index (χ2v) is 6.46. The van der Waals surface area contributed by atoms with Gasteiger partial charge in [-0.1, -0.05) is 36.4 Å². The zero-order valence-corrected chi connectivity index (χ0v) is 13.8. The number of pyridine rings is 1. The highest BCUT2D eigenvalue weighted by atomic mass is 15.2. The summed E-state index contributed by atoms with van der Waals surface area (Å²) in [5, 5.41) is 0. The SMILES string of the molecule is c1ccc(Cn2cncc2CN(Cc2ccccn2)C2CC2)cc1. The fourth-order valence-electron chi connectivity index (χ4n) is 3.06. The summed E-state index contributed by atoms with van der Waals surface area (Å²) in [6.07, 6.45) is 8.39. The van der Waals surface area contributed by atoms with Gasteiger partial charge in [-0.25, -0.2) is 4.98 Å². The fourth-order valence-corrected chi connectivity index (χ4v) is 3.06. The second-order valence-electron chi connectivity index (χ2n) is 6.46. The highest BCUT2D eigenvalue weighted by Gasteiger charge is 2.29. The Kier molecular flexibility index (Phi) is 4.38. The van der Waals surface area contributed by atoms with Gasteiger partial charge in [0.15, 0.2) is 0 Å². The van der Waals surface area contributed by atoms with E-state index >= 15 is 0 Å². The van der Waals surface area contributed by atoms with Crippen LogP contribution >= 0.6 is 0 Å². The second kappa shape index (κ2) is 6.97. The van der Waals surface area contributed by atoms with Crippen molar-refractivity contribution in [3.05, 3.63) is 84.2 Å². The zero-order chi connectivity index (χ0) is 16.2. The van der Waals surface area contributed by atoms with Crippen molar-refractivity contribution in [1.29, 1.82) is 0 Å². The van der Waals surface area contributed by atoms with E-state index in [0.29, 0.717) is 6.04 Å². The number of benzene rings is 1. The summed E-state index contributed by atoms with van der Waals surface area (Å²) in [4.78, 5) is 11.4. The molecule has 4 heteroatoms. The minimum Gasteiger partial charge on any atom is -0.329 e. The van der Waals surface area contributed by atoms with Gasteiger partial charge in [0.2, 0.25) is 0 Å². The molecule has 4 nitrogen and oxygen atoms in total. The smallest absolute Gasteiger partial charge is 0.0951 e. The van der Waals surface area contributed by atoms with Gasteiger partial charge < -0.3 is 4.57 Å². The van der Waals surface area contributed by atoms with Gasteiger partial charge in [0.25, 0.3) is 0 Å². The van der Waals surface area contributed by atoms with Crippen LogP contribution in [0, 0.1) is 0 Å². The molecule has 0 atom stereocenters. The van der Waals surface area contributed by atoms with Crippen LogP contribution in [0.15, 0.2) is 67.3 Å². The van der Waals surface area contributed by atoms with Crippen molar-refractivity contribution in [3.63, 3.8) is 0 Å². The lowest BCUT2D eigenvalue weighted by Gasteiger charge is -2.22. The standard InChI is InChI=1S/C20H22N4/c1-2-6-17(7-3-1)13-24-16-21-12-20(24)15-23(19-9-10-19)14-18-8-4-5-11-22-18/h1-8,11-12,16,19H,9-10,13-15H2. The lowest BCUT2D eigenvalue weighted by molar-refractivity contribution is 0.237. The zero-order valence-electron chi connectivity index (χ0n) is 13.8. The highest BCUT2D eigenvalue weighted by Crippen LogP contribution is 2.29. The number of rotatable bonds is 7. The van der Waals surface area contributed by atoms with Crippen LogP contribution in [0.3, 0.4) is 0 Å². The van der Waals surface area contributed by atoms with E-state index in [9.17, 15) is 0 Å². The molecule has 1 aliphatic carbocycles. The average Bonchev–Trinajstić information content (AvgIpc) is 3.39. The lowest BCUT2D eigenvalue weighted by atomic mass is 10.2. The molecule has 1 fully saturated rings. The van der Waals surface area contributed by atoms with E-state index in [2.05, 4.69) is 61.9 Å². The number of nitrogens with zero attached hydrogens (tertiary/aromatic N) is 4. The van der Waals surface area contributed by atoms with Crippen LogP contribution in [0.4, 0.5) is 0 Å². The average molecular weight is 318 g/mol. The van der Waals surface area contributed by atoms with E-state index < -0.39 is 0 Å². The number of imidazole rings is 1. The van der Waals surface area contributed by atoms with Crippen molar-refractivity contribution in [3.8, 4) is 0 Å². The Morgan fingerprint density at radius 2 is 1.83 bits per heavy atom. The summed E-state index contributed by atoms with van der Waals surface area (Å²) in [5.74, 6) is 0. The molecule has 0 unspecified atom stereocenters. The molecular formula is C20H22N4. The Balaban J connectivity index is 1.48. The van der Waals surface area contributed by atoms with E-state index in [1.54, 1.807) is 0 Å². The van der Waals surface area contributed by atoms with E-state index in [1.807, 2.05) is 24.8 Å². The van der Waals surface area contributed by atoms with Crippen molar-refractivity contribution in [2.45, 2.75) is 38.5 Å². The first-order valence-electron chi connectivity index (χ1n) is 8.55. The number of aromatic nitrogens is 3. The summed E-state index contributed by atoms with van der Waals surface area (Å²) >= 11 is 0. The molecule has 1 saturated carbocycles. The maximum atomic E-state index is 4.48. The first kappa shape index (κ1) is 15.1. The molecule has 2 heterocycles. The van der Waals surface area contributed by atoms with Gasteiger partial charge >= 0.3 is 0 Å². The number of hydrogen-bond donors (Lipinski definition) is 0. The van der Waals surface area contributed by atoms with Crippen LogP contribution in [0.2, 0.25) is 0 Å². The van der Waals surface area contributed by atoms with Crippen LogP contribution in [0.25, 0.3) is 0 Å². The van der Waals surface area contributed by atoms with Crippen molar-refractivity contribution in [2.75, 3.05) is 0 Å². The Morgan fingerprint density at radius 3 is 2.58 bits per heavy atom. The molecule has 0 radical (unpaired) electrons. The van der Waals surface area contributed by atoms with Gasteiger partial charge in [-0.15, -0.1) is 0 Å². The Labute approximate surface area is 142 Å². The van der Waals surface area contributed by atoms with Gasteiger partial charge in [0, 0.05) is 38.1 Å². The molecule has 1 aliphatic rings. The van der Waals surface area contributed by atoms with Gasteiger partial charge in [-0.3, -0.25) is 9.88 Å². The minimum atomic E-state index is 0.687. The minimum absolute atomic E-state index is 0.687. The topological polar surface area (TPSA) is 34.0 Å². The Hall–Kier alpha value is -2.46. The van der Waals surface area contributed by atoms with Gasteiger partial charge in [-0.05, 0) is 30.5 Å². The third-order valence-corrected chi connectivity index (χ3v) is 4.51. The van der Waals surface area contributed by atoms with Gasteiger partial charge in [0.05, 0.1) is 17.7 Å². The quantitative estimate of drug-likeness (QED) is 0.669. The molecule has 0 amide bonds. The summed E-state index contributed by atoms with van der Waals surface area (Å²) in [6.45, 7) is 2.70. The number of hydrogen-bond acceptors (Lipinski definition) is 3. The maximum Gasteiger partial charge on any atom is 0.0951 e. The normalized spacial score (nSPS) is 14.2. The molecule has 2 aromatic heterocycles. The van der Waals surface area contributed by atoms with E-state index in [4.69, 9.17) is 0 Å². The first-order valence-corrected chi connectivity index (χ1v) is 8.55. The van der Waals surface area contributed by atoms with Crippen molar-refractivity contribution in [2.24, 2.45) is 0 Å². The highest BCUT2D eigenvalue weighted by molar-refractivity contribution is 5.16. The molecule has 0 spiro atoms. The predicted octanol–water partition coefficient (Wildman–Crippen LogP) is 3.49. The summed E-state index contributed by atoms with van der Waals surface area (Å²) in [6, 6.07) is 17.4. The predicted molar refractivity (Wildman–Crippen MR) is 94.3 cm³/mol. The first-order chi connectivity index (χ1) is 11.9.